The average Bonchev–Trinajstić information content (AvgIpc) is 3.31. The van der Waals surface area contributed by atoms with Crippen LogP contribution in [-0.4, -0.2) is 27.6 Å². The first-order valence-corrected chi connectivity index (χ1v) is 7.59. The van der Waals surface area contributed by atoms with Crippen LogP contribution in [0.2, 0.25) is 0 Å². The summed E-state index contributed by atoms with van der Waals surface area (Å²) >= 11 is 0. The highest BCUT2D eigenvalue weighted by Crippen LogP contribution is 2.30. The zero-order valence-corrected chi connectivity index (χ0v) is 13.3. The molecule has 3 aromatic heterocycles. The van der Waals surface area contributed by atoms with Crippen LogP contribution in [0.25, 0.3) is 16.9 Å². The molecule has 0 aliphatic carbocycles. The number of hydrogen-bond donors (Lipinski definition) is 1. The van der Waals surface area contributed by atoms with Crippen molar-refractivity contribution in [2.75, 3.05) is 12.4 Å². The molecule has 4 aromatic rings. The Balaban J connectivity index is 1.71. The fraction of sp³-hybridized carbons (Fsp3) is 0.0556. The molecule has 0 fully saturated rings. The summed E-state index contributed by atoms with van der Waals surface area (Å²) in [6.07, 6.45) is 5.28. The Hall–Kier alpha value is -3.61. The van der Waals surface area contributed by atoms with Gasteiger partial charge in [0.1, 0.15) is 11.4 Å². The molecule has 7 heteroatoms. The molecular formula is C18H14N4O3. The maximum atomic E-state index is 12.2. The van der Waals surface area contributed by atoms with Gasteiger partial charge >= 0.3 is 0 Å². The van der Waals surface area contributed by atoms with Gasteiger partial charge in [-0.3, -0.25) is 4.79 Å². The topological polar surface area (TPSA) is 81.7 Å². The highest BCUT2D eigenvalue weighted by molar-refractivity contribution is 6.03. The molecule has 1 N–H and O–H groups in total. The van der Waals surface area contributed by atoms with Gasteiger partial charge in [-0.2, -0.15) is 0 Å². The molecule has 0 aliphatic heterocycles. The van der Waals surface area contributed by atoms with Gasteiger partial charge in [0.25, 0.3) is 5.91 Å². The number of fused-ring (bicyclic) bond motifs is 1. The Morgan fingerprint density at radius 3 is 2.92 bits per heavy atom. The second kappa shape index (κ2) is 6.12. The molecule has 1 amide bonds. The van der Waals surface area contributed by atoms with Crippen molar-refractivity contribution in [1.82, 2.24) is 14.5 Å². The van der Waals surface area contributed by atoms with Gasteiger partial charge in [-0.1, -0.05) is 11.2 Å². The number of anilines is 1. The number of hydrogen-bond acceptors (Lipinski definition) is 5. The largest absolute Gasteiger partial charge is 0.495 e. The lowest BCUT2D eigenvalue weighted by atomic mass is 10.1. The number of carbonyl (C=O) groups excluding carboxylic acids is 1. The Morgan fingerprint density at radius 2 is 2.16 bits per heavy atom. The lowest BCUT2D eigenvalue weighted by molar-refractivity contribution is 0.0987. The van der Waals surface area contributed by atoms with E-state index in [1.807, 2.05) is 47.1 Å². The van der Waals surface area contributed by atoms with Crippen LogP contribution in [0.15, 0.2) is 65.6 Å². The van der Waals surface area contributed by atoms with Crippen LogP contribution in [0.4, 0.5) is 5.69 Å². The maximum absolute atomic E-state index is 12.2. The molecule has 0 radical (unpaired) electrons. The van der Waals surface area contributed by atoms with Crippen molar-refractivity contribution in [3.8, 4) is 17.0 Å². The van der Waals surface area contributed by atoms with E-state index in [0.29, 0.717) is 11.4 Å². The van der Waals surface area contributed by atoms with Crippen LogP contribution in [0.5, 0.6) is 5.75 Å². The van der Waals surface area contributed by atoms with E-state index in [-0.39, 0.29) is 5.76 Å². The summed E-state index contributed by atoms with van der Waals surface area (Å²) in [4.78, 5) is 16.8. The standard InChI is InChI=1S/C18H14N4O3/c1-24-15-6-5-12(14-11-22-9-3-2-4-17(22)20-14)10-13(15)21-18(23)16-7-8-19-25-16/h2-11H,1H3,(H,21,23). The van der Waals surface area contributed by atoms with Gasteiger partial charge in [0.2, 0.25) is 5.76 Å². The number of aromatic nitrogens is 3. The number of nitrogens with one attached hydrogen (secondary N) is 1. The normalized spacial score (nSPS) is 10.8. The van der Waals surface area contributed by atoms with E-state index < -0.39 is 5.91 Å². The Bertz CT molecular complexity index is 1000. The summed E-state index contributed by atoms with van der Waals surface area (Å²) in [6.45, 7) is 0. The number of ether oxygens (including phenoxy) is 1. The van der Waals surface area contributed by atoms with Gasteiger partial charge in [-0.25, -0.2) is 4.98 Å². The molecule has 0 spiro atoms. The number of benzene rings is 1. The van der Waals surface area contributed by atoms with E-state index in [9.17, 15) is 4.79 Å². The molecule has 3 heterocycles. The predicted molar refractivity (Wildman–Crippen MR) is 91.6 cm³/mol. The fourth-order valence-corrected chi connectivity index (χ4v) is 2.56. The van der Waals surface area contributed by atoms with E-state index in [1.165, 1.54) is 12.3 Å². The molecule has 0 bridgehead atoms. The van der Waals surface area contributed by atoms with E-state index in [0.717, 1.165) is 16.9 Å². The molecule has 0 aliphatic rings. The summed E-state index contributed by atoms with van der Waals surface area (Å²) in [5.41, 5.74) is 3.03. The van der Waals surface area contributed by atoms with Crippen LogP contribution in [-0.2, 0) is 0 Å². The van der Waals surface area contributed by atoms with Crippen LogP contribution < -0.4 is 10.1 Å². The van der Waals surface area contributed by atoms with Gasteiger partial charge in [0.15, 0.2) is 0 Å². The lowest BCUT2D eigenvalue weighted by Gasteiger charge is -2.10. The molecule has 4 rings (SSSR count). The molecule has 0 unspecified atom stereocenters. The monoisotopic (exact) mass is 334 g/mol. The van der Waals surface area contributed by atoms with Crippen LogP contribution in [0.1, 0.15) is 10.6 Å². The summed E-state index contributed by atoms with van der Waals surface area (Å²) < 4.78 is 12.1. The molecule has 1 aromatic carbocycles. The molecule has 0 saturated heterocycles. The third kappa shape index (κ3) is 2.83. The Labute approximate surface area is 142 Å². The third-order valence-electron chi connectivity index (χ3n) is 3.77. The predicted octanol–water partition coefficient (Wildman–Crippen LogP) is 3.25. The van der Waals surface area contributed by atoms with Crippen molar-refractivity contribution < 1.29 is 14.1 Å². The highest BCUT2D eigenvalue weighted by atomic mass is 16.5. The summed E-state index contributed by atoms with van der Waals surface area (Å²) in [5.74, 6) is 0.267. The van der Waals surface area contributed by atoms with Gasteiger partial charge in [0.05, 0.1) is 24.7 Å². The molecule has 0 atom stereocenters. The van der Waals surface area contributed by atoms with Crippen molar-refractivity contribution in [1.29, 1.82) is 0 Å². The van der Waals surface area contributed by atoms with Crippen LogP contribution >= 0.6 is 0 Å². The molecule has 7 nitrogen and oxygen atoms in total. The highest BCUT2D eigenvalue weighted by Gasteiger charge is 2.14. The van der Waals surface area contributed by atoms with Crippen molar-refractivity contribution in [2.24, 2.45) is 0 Å². The summed E-state index contributed by atoms with van der Waals surface area (Å²) in [7, 11) is 1.55. The van der Waals surface area contributed by atoms with E-state index in [1.54, 1.807) is 13.2 Å². The van der Waals surface area contributed by atoms with Crippen molar-refractivity contribution in [3.63, 3.8) is 0 Å². The first kappa shape index (κ1) is 14.9. The minimum Gasteiger partial charge on any atom is -0.495 e. The quantitative estimate of drug-likeness (QED) is 0.619. The Kier molecular flexibility index (Phi) is 3.66. The molecule has 124 valence electrons. The van der Waals surface area contributed by atoms with Crippen molar-refractivity contribution >= 4 is 17.2 Å². The summed E-state index contributed by atoms with van der Waals surface area (Å²) in [5, 5.41) is 6.31. The molecule has 0 saturated carbocycles. The zero-order valence-electron chi connectivity index (χ0n) is 13.3. The van der Waals surface area contributed by atoms with Crippen molar-refractivity contribution in [3.05, 3.63) is 66.8 Å². The third-order valence-corrected chi connectivity index (χ3v) is 3.77. The van der Waals surface area contributed by atoms with Crippen LogP contribution in [0, 0.1) is 0 Å². The van der Waals surface area contributed by atoms with Gasteiger partial charge < -0.3 is 19.0 Å². The number of methoxy groups -OCH3 is 1. The first-order chi connectivity index (χ1) is 12.2. The minimum atomic E-state index is -0.400. The average molecular weight is 334 g/mol. The maximum Gasteiger partial charge on any atom is 0.294 e. The molecule has 25 heavy (non-hydrogen) atoms. The number of rotatable bonds is 4. The van der Waals surface area contributed by atoms with E-state index in [2.05, 4.69) is 15.5 Å². The van der Waals surface area contributed by atoms with Gasteiger partial charge in [-0.15, -0.1) is 0 Å². The zero-order chi connectivity index (χ0) is 17.2. The summed E-state index contributed by atoms with van der Waals surface area (Å²) in [6, 6.07) is 12.8. The van der Waals surface area contributed by atoms with Crippen molar-refractivity contribution in [2.45, 2.75) is 0 Å². The fourth-order valence-electron chi connectivity index (χ4n) is 2.56. The second-order valence-electron chi connectivity index (χ2n) is 5.34. The van der Waals surface area contributed by atoms with Crippen LogP contribution in [0.3, 0.4) is 0 Å². The Morgan fingerprint density at radius 1 is 1.24 bits per heavy atom. The first-order valence-electron chi connectivity index (χ1n) is 7.59. The number of carbonyl (C=O) groups is 1. The van der Waals surface area contributed by atoms with E-state index in [4.69, 9.17) is 9.26 Å². The minimum absolute atomic E-state index is 0.125. The SMILES string of the molecule is COc1ccc(-c2cn3ccccc3n2)cc1NC(=O)c1ccno1. The number of imidazole rings is 1. The number of amides is 1. The van der Waals surface area contributed by atoms with Gasteiger partial charge in [-0.05, 0) is 30.3 Å². The van der Waals surface area contributed by atoms with E-state index >= 15 is 0 Å². The number of pyridine rings is 1. The molecular weight excluding hydrogens is 320 g/mol. The second-order valence-corrected chi connectivity index (χ2v) is 5.34. The smallest absolute Gasteiger partial charge is 0.294 e. The van der Waals surface area contributed by atoms with Gasteiger partial charge in [0, 0.05) is 24.0 Å². The number of nitrogens with zero attached hydrogens (tertiary/aromatic N) is 3. The lowest BCUT2D eigenvalue weighted by Crippen LogP contribution is -2.11.